The largest absolute Gasteiger partial charge is 0.504 e. The minimum absolute atomic E-state index is 0.0217. The summed E-state index contributed by atoms with van der Waals surface area (Å²) in [5.74, 6) is 0.474. The number of aliphatic imine (C=N–C) groups is 1. The molecule has 1 aliphatic heterocycles. The average molecular weight is 506 g/mol. The number of ether oxygens (including phenoxy) is 1. The normalized spacial score (nSPS) is 19.1. The Hall–Kier alpha value is -3.10. The van der Waals surface area contributed by atoms with Gasteiger partial charge in [-0.3, -0.25) is 9.69 Å². The highest BCUT2D eigenvalue weighted by molar-refractivity contribution is 8.18. The maximum absolute atomic E-state index is 13.6. The molecule has 0 unspecified atom stereocenters. The van der Waals surface area contributed by atoms with Crippen LogP contribution in [-0.4, -0.2) is 38.7 Å². The summed E-state index contributed by atoms with van der Waals surface area (Å²) in [5, 5.41) is 13.4. The van der Waals surface area contributed by atoms with E-state index in [1.807, 2.05) is 53.6 Å². The molecule has 6 nitrogen and oxygen atoms in total. The van der Waals surface area contributed by atoms with Crippen molar-refractivity contribution in [2.24, 2.45) is 4.99 Å². The van der Waals surface area contributed by atoms with Gasteiger partial charge in [0.25, 0.3) is 5.91 Å². The Morgan fingerprint density at radius 3 is 2.74 bits per heavy atom. The van der Waals surface area contributed by atoms with E-state index in [1.54, 1.807) is 18.2 Å². The van der Waals surface area contributed by atoms with Crippen LogP contribution in [0.4, 0.5) is 5.13 Å². The lowest BCUT2D eigenvalue weighted by Crippen LogP contribution is -2.40. The van der Waals surface area contributed by atoms with Crippen LogP contribution in [0.25, 0.3) is 17.3 Å². The van der Waals surface area contributed by atoms with E-state index in [2.05, 4.69) is 0 Å². The second-order valence-corrected chi connectivity index (χ2v) is 10.4. The van der Waals surface area contributed by atoms with E-state index in [0.717, 1.165) is 42.5 Å². The minimum Gasteiger partial charge on any atom is -0.504 e. The van der Waals surface area contributed by atoms with Crippen LogP contribution in [0.1, 0.15) is 44.6 Å². The number of phenols is 1. The van der Waals surface area contributed by atoms with Gasteiger partial charge in [0, 0.05) is 17.0 Å². The van der Waals surface area contributed by atoms with Crippen LogP contribution in [0, 0.1) is 0 Å². The molecule has 3 aromatic rings. The molecule has 35 heavy (non-hydrogen) atoms. The predicted octanol–water partition coefficient (Wildman–Crippen LogP) is 6.85. The first kappa shape index (κ1) is 23.6. The maximum atomic E-state index is 13.6. The van der Waals surface area contributed by atoms with Crippen LogP contribution < -0.4 is 4.74 Å². The lowest BCUT2D eigenvalue weighted by molar-refractivity contribution is -0.124. The van der Waals surface area contributed by atoms with Crippen molar-refractivity contribution in [2.45, 2.75) is 45.1 Å². The summed E-state index contributed by atoms with van der Waals surface area (Å²) in [4.78, 5) is 25.6. The fraction of sp³-hybridized carbons (Fsp3) is 0.296. The zero-order valence-electron chi connectivity index (χ0n) is 19.5. The van der Waals surface area contributed by atoms with Crippen molar-refractivity contribution in [1.29, 1.82) is 0 Å². The van der Waals surface area contributed by atoms with Gasteiger partial charge in [0.15, 0.2) is 16.7 Å². The van der Waals surface area contributed by atoms with Gasteiger partial charge < -0.3 is 9.84 Å². The fourth-order valence-electron chi connectivity index (χ4n) is 4.41. The first-order chi connectivity index (χ1) is 17.1. The van der Waals surface area contributed by atoms with Gasteiger partial charge in [-0.1, -0.05) is 55.7 Å². The molecule has 0 radical (unpaired) electrons. The van der Waals surface area contributed by atoms with Crippen molar-refractivity contribution >= 4 is 45.4 Å². The number of benzene rings is 2. The summed E-state index contributed by atoms with van der Waals surface area (Å²) in [6.45, 7) is 2.32. The van der Waals surface area contributed by atoms with E-state index in [1.165, 1.54) is 29.5 Å². The molecule has 8 heteroatoms. The summed E-state index contributed by atoms with van der Waals surface area (Å²) in [7, 11) is 0. The molecule has 1 amide bonds. The number of carbonyl (C=O) groups is 1. The topological polar surface area (TPSA) is 75.0 Å². The molecule has 2 fully saturated rings. The Labute approximate surface area is 213 Å². The number of thioether (sulfide) groups is 1. The van der Waals surface area contributed by atoms with Gasteiger partial charge in [-0.2, -0.15) is 4.99 Å². The highest BCUT2D eigenvalue weighted by Crippen LogP contribution is 2.40. The lowest BCUT2D eigenvalue weighted by Gasteiger charge is -2.30. The van der Waals surface area contributed by atoms with Crippen LogP contribution in [0.5, 0.6) is 11.5 Å². The van der Waals surface area contributed by atoms with E-state index in [0.29, 0.717) is 27.6 Å². The van der Waals surface area contributed by atoms with Crippen LogP contribution in [-0.2, 0) is 4.79 Å². The molecular weight excluding hydrogens is 478 g/mol. The van der Waals surface area contributed by atoms with Crippen LogP contribution in [0.15, 0.2) is 63.8 Å². The van der Waals surface area contributed by atoms with Gasteiger partial charge in [0.1, 0.15) is 0 Å². The number of carbonyl (C=O) groups excluding carboxylic acids is 1. The van der Waals surface area contributed by atoms with E-state index >= 15 is 0 Å². The minimum atomic E-state index is -0.0217. The van der Waals surface area contributed by atoms with Gasteiger partial charge in [-0.05, 0) is 55.3 Å². The Morgan fingerprint density at radius 1 is 1.17 bits per heavy atom. The summed E-state index contributed by atoms with van der Waals surface area (Å²) < 4.78 is 5.51. The van der Waals surface area contributed by atoms with Crippen molar-refractivity contribution in [2.75, 3.05) is 6.61 Å². The molecule has 2 aromatic carbocycles. The molecule has 0 bridgehead atoms. The van der Waals surface area contributed by atoms with Crippen molar-refractivity contribution in [3.05, 3.63) is 64.4 Å². The summed E-state index contributed by atoms with van der Waals surface area (Å²) in [6, 6.07) is 15.3. The Morgan fingerprint density at radius 2 is 1.97 bits per heavy atom. The molecule has 1 aromatic heterocycles. The number of thiazole rings is 1. The number of hydrogen-bond donors (Lipinski definition) is 1. The van der Waals surface area contributed by atoms with Gasteiger partial charge in [-0.15, -0.1) is 11.3 Å². The predicted molar refractivity (Wildman–Crippen MR) is 143 cm³/mol. The SMILES string of the molecule is CCOc1cc(/C=C2\S/C(=N/c3nc(-c4ccccc4)cs3)N(C3CCCCC3)C2=O)ccc1O. The molecular formula is C27H27N3O3S2. The zero-order valence-corrected chi connectivity index (χ0v) is 21.1. The third-order valence-corrected chi connectivity index (χ3v) is 7.83. The van der Waals surface area contributed by atoms with Crippen molar-refractivity contribution in [1.82, 2.24) is 9.88 Å². The van der Waals surface area contributed by atoms with Gasteiger partial charge in [0.2, 0.25) is 5.13 Å². The fourth-order valence-corrected chi connectivity index (χ4v) is 6.20. The molecule has 0 spiro atoms. The number of phenolic OH excluding ortho intramolecular Hbond substituents is 1. The Balaban J connectivity index is 1.47. The van der Waals surface area contributed by atoms with Gasteiger partial charge >= 0.3 is 0 Å². The van der Waals surface area contributed by atoms with E-state index in [4.69, 9.17) is 14.7 Å². The number of rotatable bonds is 6. The number of aromatic nitrogens is 1. The highest BCUT2D eigenvalue weighted by atomic mass is 32.2. The smallest absolute Gasteiger partial charge is 0.267 e. The lowest BCUT2D eigenvalue weighted by atomic mass is 9.94. The molecule has 2 heterocycles. The summed E-state index contributed by atoms with van der Waals surface area (Å²) in [6.07, 6.45) is 7.28. The number of aromatic hydroxyl groups is 1. The molecule has 1 saturated heterocycles. The number of nitrogens with zero attached hydrogens (tertiary/aromatic N) is 3. The van der Waals surface area contributed by atoms with E-state index in [9.17, 15) is 9.90 Å². The standard InChI is InChI=1S/C27H27N3O3S2/c1-2-33-23-15-18(13-14-22(23)31)16-24-25(32)30(20-11-7-4-8-12-20)27(35-24)29-26-28-21(17-34-26)19-9-5-3-6-10-19/h3,5-6,9-10,13-17,20,31H,2,4,7-8,11-12H2,1H3/b24-16-,29-27+. The molecule has 180 valence electrons. The molecule has 5 rings (SSSR count). The Kier molecular flexibility index (Phi) is 7.20. The van der Waals surface area contributed by atoms with Gasteiger partial charge in [0.05, 0.1) is 17.2 Å². The summed E-state index contributed by atoms with van der Waals surface area (Å²) >= 11 is 2.87. The molecule has 1 saturated carbocycles. The summed E-state index contributed by atoms with van der Waals surface area (Å²) in [5.41, 5.74) is 2.73. The van der Waals surface area contributed by atoms with Crippen molar-refractivity contribution < 1.29 is 14.6 Å². The maximum Gasteiger partial charge on any atom is 0.267 e. The van der Waals surface area contributed by atoms with Crippen molar-refractivity contribution in [3.8, 4) is 22.8 Å². The Bertz CT molecular complexity index is 1260. The first-order valence-electron chi connectivity index (χ1n) is 11.9. The third kappa shape index (κ3) is 5.28. The first-order valence-corrected chi connectivity index (χ1v) is 13.6. The van der Waals surface area contributed by atoms with Gasteiger partial charge in [-0.25, -0.2) is 4.98 Å². The molecule has 1 aliphatic carbocycles. The second kappa shape index (κ2) is 10.7. The van der Waals surface area contributed by atoms with Crippen LogP contribution in [0.3, 0.4) is 0 Å². The highest BCUT2D eigenvalue weighted by Gasteiger charge is 2.39. The van der Waals surface area contributed by atoms with E-state index < -0.39 is 0 Å². The van der Waals surface area contributed by atoms with Crippen LogP contribution in [0.2, 0.25) is 0 Å². The quantitative estimate of drug-likeness (QED) is 0.371. The zero-order chi connectivity index (χ0) is 24.2. The second-order valence-electron chi connectivity index (χ2n) is 8.51. The van der Waals surface area contributed by atoms with Crippen LogP contribution >= 0.6 is 23.1 Å². The number of amidine groups is 1. The number of amides is 1. The molecule has 0 atom stereocenters. The average Bonchev–Trinajstić information content (AvgIpc) is 3.47. The molecule has 2 aliphatic rings. The van der Waals surface area contributed by atoms with Crippen molar-refractivity contribution in [3.63, 3.8) is 0 Å². The van der Waals surface area contributed by atoms with E-state index in [-0.39, 0.29) is 17.7 Å². The molecule has 1 N–H and O–H groups in total. The monoisotopic (exact) mass is 505 g/mol. The third-order valence-electron chi connectivity index (χ3n) is 6.11. The number of hydrogen-bond acceptors (Lipinski definition) is 7.